The van der Waals surface area contributed by atoms with Crippen LogP contribution in [0.4, 0.5) is 5.69 Å². The number of nitrogen functional groups attached to an aromatic ring is 1. The maximum atomic E-state index is 12.0. The molecule has 6 nitrogen and oxygen atoms in total. The summed E-state index contributed by atoms with van der Waals surface area (Å²) in [4.78, 5) is 0.0327. The fourth-order valence-electron chi connectivity index (χ4n) is 1.58. The second-order valence-electron chi connectivity index (χ2n) is 4.29. The van der Waals surface area contributed by atoms with Crippen LogP contribution in [0, 0.1) is 0 Å². The van der Waals surface area contributed by atoms with Crippen molar-refractivity contribution >= 4 is 15.7 Å². The van der Waals surface area contributed by atoms with E-state index in [1.165, 1.54) is 19.2 Å². The summed E-state index contributed by atoms with van der Waals surface area (Å²) in [5.74, 6) is 0.505. The fourth-order valence-corrected chi connectivity index (χ4v) is 2.76. The Morgan fingerprint density at radius 1 is 1.47 bits per heavy atom. The number of sulfonamides is 1. The van der Waals surface area contributed by atoms with E-state index >= 15 is 0 Å². The van der Waals surface area contributed by atoms with Gasteiger partial charge in [0.1, 0.15) is 10.6 Å². The van der Waals surface area contributed by atoms with Crippen LogP contribution in [0.1, 0.15) is 19.8 Å². The van der Waals surface area contributed by atoms with Crippen LogP contribution in [-0.4, -0.2) is 33.3 Å². The molecule has 0 aromatic heterocycles. The standard InChI is InChI=1S/C12H20N2O4S/c1-9(15)4-3-7-14-19(16,17)12-6-5-10(18-2)8-11(12)13/h5-6,8-9,14-15H,3-4,7,13H2,1-2H3. The lowest BCUT2D eigenvalue weighted by molar-refractivity contribution is 0.182. The zero-order chi connectivity index (χ0) is 14.5. The minimum atomic E-state index is -3.63. The van der Waals surface area contributed by atoms with Crippen LogP contribution in [0.25, 0.3) is 0 Å². The molecule has 7 heteroatoms. The maximum Gasteiger partial charge on any atom is 0.242 e. The number of nitrogens with one attached hydrogen (secondary N) is 1. The lowest BCUT2D eigenvalue weighted by Gasteiger charge is -2.10. The quantitative estimate of drug-likeness (QED) is 0.507. The minimum absolute atomic E-state index is 0.0327. The summed E-state index contributed by atoms with van der Waals surface area (Å²) in [6.07, 6.45) is 0.670. The lowest BCUT2D eigenvalue weighted by atomic mass is 10.2. The van der Waals surface area contributed by atoms with Gasteiger partial charge in [-0.1, -0.05) is 0 Å². The number of methoxy groups -OCH3 is 1. The van der Waals surface area contributed by atoms with Gasteiger partial charge in [0.05, 0.1) is 18.9 Å². The van der Waals surface area contributed by atoms with Crippen molar-refractivity contribution < 1.29 is 18.3 Å². The molecule has 19 heavy (non-hydrogen) atoms. The summed E-state index contributed by atoms with van der Waals surface area (Å²) < 4.78 is 31.4. The van der Waals surface area contributed by atoms with Crippen LogP contribution in [0.5, 0.6) is 5.75 Å². The van der Waals surface area contributed by atoms with Gasteiger partial charge in [0.15, 0.2) is 0 Å². The molecule has 1 aromatic rings. The van der Waals surface area contributed by atoms with Gasteiger partial charge in [-0.2, -0.15) is 0 Å². The highest BCUT2D eigenvalue weighted by Crippen LogP contribution is 2.23. The van der Waals surface area contributed by atoms with E-state index in [9.17, 15) is 8.42 Å². The van der Waals surface area contributed by atoms with Crippen molar-refractivity contribution in [1.82, 2.24) is 4.72 Å². The Labute approximate surface area is 113 Å². The molecule has 0 fully saturated rings. The summed E-state index contributed by atoms with van der Waals surface area (Å²) in [6, 6.07) is 4.41. The second-order valence-corrected chi connectivity index (χ2v) is 6.03. The Kier molecular flexibility index (Phi) is 5.59. The average Bonchev–Trinajstić information content (AvgIpc) is 2.34. The van der Waals surface area contributed by atoms with Crippen LogP contribution in [-0.2, 0) is 10.0 Å². The summed E-state index contributed by atoms with van der Waals surface area (Å²) in [5.41, 5.74) is 5.84. The topological polar surface area (TPSA) is 102 Å². The van der Waals surface area contributed by atoms with Crippen LogP contribution in [0.3, 0.4) is 0 Å². The molecule has 0 aliphatic rings. The summed E-state index contributed by atoms with van der Waals surface area (Å²) in [7, 11) is -2.14. The van der Waals surface area contributed by atoms with Crippen molar-refractivity contribution in [3.8, 4) is 5.75 Å². The smallest absolute Gasteiger partial charge is 0.242 e. The maximum absolute atomic E-state index is 12.0. The summed E-state index contributed by atoms with van der Waals surface area (Å²) in [5, 5.41) is 9.09. The van der Waals surface area contributed by atoms with Crippen LogP contribution in [0.15, 0.2) is 23.1 Å². The van der Waals surface area contributed by atoms with E-state index in [0.717, 1.165) is 0 Å². The summed E-state index contributed by atoms with van der Waals surface area (Å²) >= 11 is 0. The van der Waals surface area contributed by atoms with Gasteiger partial charge in [-0.15, -0.1) is 0 Å². The number of nitrogens with two attached hydrogens (primary N) is 1. The molecule has 0 bridgehead atoms. The number of rotatable bonds is 7. The SMILES string of the molecule is COc1ccc(S(=O)(=O)NCCCC(C)O)c(N)c1. The Morgan fingerprint density at radius 3 is 2.68 bits per heavy atom. The molecule has 0 saturated carbocycles. The Bertz CT molecular complexity index is 514. The van der Waals surface area contributed by atoms with Gasteiger partial charge in [0, 0.05) is 12.6 Å². The van der Waals surface area contributed by atoms with E-state index in [1.807, 2.05) is 0 Å². The molecule has 0 spiro atoms. The van der Waals surface area contributed by atoms with Crippen LogP contribution in [0.2, 0.25) is 0 Å². The molecule has 0 radical (unpaired) electrons. The van der Waals surface area contributed by atoms with E-state index in [1.54, 1.807) is 13.0 Å². The van der Waals surface area contributed by atoms with Gasteiger partial charge in [-0.3, -0.25) is 0 Å². The third kappa shape index (κ3) is 4.70. The number of aliphatic hydroxyl groups is 1. The fraction of sp³-hybridized carbons (Fsp3) is 0.500. The minimum Gasteiger partial charge on any atom is -0.497 e. The van der Waals surface area contributed by atoms with Gasteiger partial charge in [-0.25, -0.2) is 13.1 Å². The van der Waals surface area contributed by atoms with E-state index in [2.05, 4.69) is 4.72 Å². The number of hydrogen-bond donors (Lipinski definition) is 3. The molecule has 1 atom stereocenters. The van der Waals surface area contributed by atoms with Crippen molar-refractivity contribution in [2.75, 3.05) is 19.4 Å². The van der Waals surface area contributed by atoms with Crippen LogP contribution >= 0.6 is 0 Å². The zero-order valence-electron chi connectivity index (χ0n) is 11.1. The van der Waals surface area contributed by atoms with Gasteiger partial charge in [0.25, 0.3) is 0 Å². The van der Waals surface area contributed by atoms with E-state index in [0.29, 0.717) is 18.6 Å². The Morgan fingerprint density at radius 2 is 2.16 bits per heavy atom. The molecule has 0 aliphatic heterocycles. The van der Waals surface area contributed by atoms with E-state index in [4.69, 9.17) is 15.6 Å². The molecule has 0 heterocycles. The Balaban J connectivity index is 2.72. The second kappa shape index (κ2) is 6.74. The van der Waals surface area contributed by atoms with Gasteiger partial charge >= 0.3 is 0 Å². The van der Waals surface area contributed by atoms with E-state index < -0.39 is 16.1 Å². The van der Waals surface area contributed by atoms with Gasteiger partial charge < -0.3 is 15.6 Å². The van der Waals surface area contributed by atoms with Gasteiger partial charge in [0.2, 0.25) is 10.0 Å². The van der Waals surface area contributed by atoms with Crippen LogP contribution < -0.4 is 15.2 Å². The number of benzene rings is 1. The largest absolute Gasteiger partial charge is 0.497 e. The predicted octanol–water partition coefficient (Wildman–Crippen LogP) is 0.717. The first-order chi connectivity index (χ1) is 8.86. The Hall–Kier alpha value is -1.31. The molecule has 0 saturated heterocycles. The van der Waals surface area contributed by atoms with Crippen molar-refractivity contribution in [1.29, 1.82) is 0 Å². The number of aliphatic hydroxyl groups excluding tert-OH is 1. The molecule has 4 N–H and O–H groups in total. The molecule has 108 valence electrons. The highest BCUT2D eigenvalue weighted by Gasteiger charge is 2.17. The molecular weight excluding hydrogens is 268 g/mol. The number of hydrogen-bond acceptors (Lipinski definition) is 5. The predicted molar refractivity (Wildman–Crippen MR) is 73.5 cm³/mol. The summed E-state index contributed by atoms with van der Waals surface area (Å²) in [6.45, 7) is 1.93. The lowest BCUT2D eigenvalue weighted by Crippen LogP contribution is -2.26. The average molecular weight is 288 g/mol. The monoisotopic (exact) mass is 288 g/mol. The van der Waals surface area contributed by atoms with Crippen molar-refractivity contribution in [3.63, 3.8) is 0 Å². The first kappa shape index (κ1) is 15.7. The molecule has 1 unspecified atom stereocenters. The van der Waals surface area contributed by atoms with Crippen molar-refractivity contribution in [2.24, 2.45) is 0 Å². The molecule has 1 rings (SSSR count). The van der Waals surface area contributed by atoms with Crippen molar-refractivity contribution in [3.05, 3.63) is 18.2 Å². The van der Waals surface area contributed by atoms with Gasteiger partial charge in [-0.05, 0) is 31.9 Å². The number of ether oxygens (including phenoxy) is 1. The van der Waals surface area contributed by atoms with Crippen molar-refractivity contribution in [2.45, 2.75) is 30.8 Å². The first-order valence-corrected chi connectivity index (χ1v) is 7.46. The molecule has 0 amide bonds. The van der Waals surface area contributed by atoms with E-state index in [-0.39, 0.29) is 17.1 Å². The normalized spacial score (nSPS) is 13.2. The number of anilines is 1. The molecule has 0 aliphatic carbocycles. The molecular formula is C12H20N2O4S. The highest BCUT2D eigenvalue weighted by atomic mass is 32.2. The third-order valence-electron chi connectivity index (χ3n) is 2.60. The third-order valence-corrected chi connectivity index (χ3v) is 4.13. The zero-order valence-corrected chi connectivity index (χ0v) is 11.9. The molecule has 1 aromatic carbocycles. The highest BCUT2D eigenvalue weighted by molar-refractivity contribution is 7.89. The first-order valence-electron chi connectivity index (χ1n) is 5.98.